The molecule has 3 heteroatoms. The highest BCUT2D eigenvalue weighted by atomic mass is 16.5. The standard InChI is InChI=1S/C26H25NO2/c1-4-17(2)27-26(28)22-15-13-18-9-5-7-11-20(18)24(22)25-21-12-8-6-10-19(21)14-16-23(25)29-3/h5-17H,4H2,1-3H3,(H,27,28)/t17-/m0/s1. The maximum absolute atomic E-state index is 13.2. The van der Waals surface area contributed by atoms with Gasteiger partial charge in [-0.1, -0.05) is 67.6 Å². The Morgan fingerprint density at radius 3 is 2.07 bits per heavy atom. The second-order valence-corrected chi connectivity index (χ2v) is 7.36. The molecule has 3 nitrogen and oxygen atoms in total. The molecule has 0 aromatic heterocycles. The van der Waals surface area contributed by atoms with Crippen LogP contribution in [0.2, 0.25) is 0 Å². The Morgan fingerprint density at radius 1 is 0.862 bits per heavy atom. The quantitative estimate of drug-likeness (QED) is 0.446. The van der Waals surface area contributed by atoms with E-state index in [4.69, 9.17) is 4.74 Å². The van der Waals surface area contributed by atoms with Crippen LogP contribution in [0.4, 0.5) is 0 Å². The lowest BCUT2D eigenvalue weighted by molar-refractivity contribution is 0.0940. The van der Waals surface area contributed by atoms with Gasteiger partial charge in [0.1, 0.15) is 5.75 Å². The molecule has 0 aliphatic carbocycles. The van der Waals surface area contributed by atoms with Gasteiger partial charge in [0.25, 0.3) is 5.91 Å². The molecule has 4 aromatic rings. The molecule has 0 heterocycles. The molecule has 4 aromatic carbocycles. The number of hydrogen-bond donors (Lipinski definition) is 1. The van der Waals surface area contributed by atoms with Crippen LogP contribution in [-0.2, 0) is 0 Å². The van der Waals surface area contributed by atoms with Crippen LogP contribution in [0, 0.1) is 0 Å². The highest BCUT2D eigenvalue weighted by Gasteiger charge is 2.21. The van der Waals surface area contributed by atoms with Gasteiger partial charge in [-0.2, -0.15) is 0 Å². The van der Waals surface area contributed by atoms with E-state index in [1.165, 1.54) is 0 Å². The number of rotatable bonds is 5. The number of ether oxygens (including phenoxy) is 1. The van der Waals surface area contributed by atoms with Crippen molar-refractivity contribution >= 4 is 27.5 Å². The normalized spacial score (nSPS) is 12.1. The minimum absolute atomic E-state index is 0.0601. The van der Waals surface area contributed by atoms with Crippen molar-refractivity contribution < 1.29 is 9.53 Å². The Bertz CT molecular complexity index is 1200. The zero-order valence-electron chi connectivity index (χ0n) is 17.0. The van der Waals surface area contributed by atoms with Crippen LogP contribution >= 0.6 is 0 Å². The van der Waals surface area contributed by atoms with Crippen molar-refractivity contribution in [2.45, 2.75) is 26.3 Å². The number of hydrogen-bond acceptors (Lipinski definition) is 2. The summed E-state index contributed by atoms with van der Waals surface area (Å²) < 4.78 is 5.76. The lowest BCUT2D eigenvalue weighted by Crippen LogP contribution is -2.32. The first-order valence-corrected chi connectivity index (χ1v) is 10.0. The van der Waals surface area contributed by atoms with E-state index < -0.39 is 0 Å². The third-order valence-electron chi connectivity index (χ3n) is 5.52. The molecule has 0 unspecified atom stereocenters. The predicted octanol–water partition coefficient (Wildman–Crippen LogP) is 6.20. The first kappa shape index (κ1) is 19.0. The van der Waals surface area contributed by atoms with Crippen molar-refractivity contribution in [1.29, 1.82) is 0 Å². The molecule has 146 valence electrons. The zero-order chi connectivity index (χ0) is 20.4. The van der Waals surface area contributed by atoms with Crippen LogP contribution in [0.3, 0.4) is 0 Å². The molecular weight excluding hydrogens is 358 g/mol. The molecule has 0 radical (unpaired) electrons. The molecule has 0 spiro atoms. The third kappa shape index (κ3) is 3.44. The van der Waals surface area contributed by atoms with E-state index in [0.29, 0.717) is 5.56 Å². The Labute approximate surface area is 171 Å². The lowest BCUT2D eigenvalue weighted by atomic mass is 9.89. The minimum atomic E-state index is -0.0601. The maximum Gasteiger partial charge on any atom is 0.252 e. The molecule has 1 atom stereocenters. The van der Waals surface area contributed by atoms with Crippen LogP contribution in [0.25, 0.3) is 32.7 Å². The van der Waals surface area contributed by atoms with Crippen LogP contribution in [0.15, 0.2) is 72.8 Å². The predicted molar refractivity (Wildman–Crippen MR) is 121 cm³/mol. The van der Waals surface area contributed by atoms with E-state index in [2.05, 4.69) is 42.6 Å². The molecule has 29 heavy (non-hydrogen) atoms. The lowest BCUT2D eigenvalue weighted by Gasteiger charge is -2.19. The van der Waals surface area contributed by atoms with E-state index >= 15 is 0 Å². The fraction of sp³-hybridized carbons (Fsp3) is 0.192. The van der Waals surface area contributed by atoms with Crippen molar-refractivity contribution in [2.24, 2.45) is 0 Å². The topological polar surface area (TPSA) is 38.3 Å². The van der Waals surface area contributed by atoms with Gasteiger partial charge in [0.2, 0.25) is 0 Å². The molecule has 0 aliphatic heterocycles. The van der Waals surface area contributed by atoms with Gasteiger partial charge in [0.15, 0.2) is 0 Å². The number of amides is 1. The number of methoxy groups -OCH3 is 1. The Balaban J connectivity index is 2.09. The van der Waals surface area contributed by atoms with E-state index in [1.54, 1.807) is 7.11 Å². The molecule has 0 saturated heterocycles. The second kappa shape index (κ2) is 7.96. The highest BCUT2D eigenvalue weighted by Crippen LogP contribution is 2.42. The van der Waals surface area contributed by atoms with Crippen molar-refractivity contribution in [1.82, 2.24) is 5.32 Å². The highest BCUT2D eigenvalue weighted by molar-refractivity contribution is 6.15. The largest absolute Gasteiger partial charge is 0.496 e. The molecule has 4 rings (SSSR count). The molecular formula is C26H25NO2. The number of fused-ring (bicyclic) bond motifs is 2. The summed E-state index contributed by atoms with van der Waals surface area (Å²) in [6.45, 7) is 4.09. The van der Waals surface area contributed by atoms with Crippen LogP contribution < -0.4 is 10.1 Å². The molecule has 0 aliphatic rings. The number of nitrogens with one attached hydrogen (secondary N) is 1. The molecule has 0 fully saturated rings. The Kier molecular flexibility index (Phi) is 5.22. The van der Waals surface area contributed by atoms with Gasteiger partial charge in [0.05, 0.1) is 7.11 Å². The van der Waals surface area contributed by atoms with Gasteiger partial charge >= 0.3 is 0 Å². The van der Waals surface area contributed by atoms with Crippen molar-refractivity contribution in [3.63, 3.8) is 0 Å². The summed E-state index contributed by atoms with van der Waals surface area (Å²) in [5.74, 6) is 0.702. The van der Waals surface area contributed by atoms with Gasteiger partial charge < -0.3 is 10.1 Å². The fourth-order valence-corrected chi connectivity index (χ4v) is 3.81. The summed E-state index contributed by atoms with van der Waals surface area (Å²) in [7, 11) is 1.68. The average molecular weight is 383 g/mol. The van der Waals surface area contributed by atoms with Crippen molar-refractivity contribution in [3.8, 4) is 16.9 Å². The minimum Gasteiger partial charge on any atom is -0.496 e. The molecule has 0 saturated carbocycles. The SMILES string of the molecule is CC[C@H](C)NC(=O)c1ccc2ccccc2c1-c1c(OC)ccc2ccccc12. The molecule has 1 N–H and O–H groups in total. The summed E-state index contributed by atoms with van der Waals surface area (Å²) in [5.41, 5.74) is 2.54. The Morgan fingerprint density at radius 2 is 1.45 bits per heavy atom. The summed E-state index contributed by atoms with van der Waals surface area (Å²) in [6, 6.07) is 24.5. The number of carbonyl (C=O) groups is 1. The average Bonchev–Trinajstić information content (AvgIpc) is 2.77. The second-order valence-electron chi connectivity index (χ2n) is 7.36. The van der Waals surface area contributed by atoms with Crippen molar-refractivity contribution in [3.05, 3.63) is 78.4 Å². The summed E-state index contributed by atoms with van der Waals surface area (Å²) in [5, 5.41) is 7.45. The van der Waals surface area contributed by atoms with Gasteiger partial charge in [-0.15, -0.1) is 0 Å². The van der Waals surface area contributed by atoms with Gasteiger partial charge in [-0.05, 0) is 47.0 Å². The monoisotopic (exact) mass is 383 g/mol. The fourth-order valence-electron chi connectivity index (χ4n) is 3.81. The summed E-state index contributed by atoms with van der Waals surface area (Å²) in [6.07, 6.45) is 0.881. The third-order valence-corrected chi connectivity index (χ3v) is 5.52. The van der Waals surface area contributed by atoms with E-state index in [0.717, 1.165) is 44.8 Å². The number of carbonyl (C=O) groups excluding carboxylic acids is 1. The molecule has 1 amide bonds. The van der Waals surface area contributed by atoms with E-state index in [-0.39, 0.29) is 11.9 Å². The first-order valence-electron chi connectivity index (χ1n) is 10.0. The van der Waals surface area contributed by atoms with Crippen LogP contribution in [-0.4, -0.2) is 19.1 Å². The van der Waals surface area contributed by atoms with E-state index in [1.807, 2.05) is 49.4 Å². The van der Waals surface area contributed by atoms with E-state index in [9.17, 15) is 4.79 Å². The smallest absolute Gasteiger partial charge is 0.252 e. The summed E-state index contributed by atoms with van der Waals surface area (Å²) >= 11 is 0. The van der Waals surface area contributed by atoms with Crippen LogP contribution in [0.5, 0.6) is 5.75 Å². The van der Waals surface area contributed by atoms with Gasteiger partial charge in [0, 0.05) is 22.7 Å². The van der Waals surface area contributed by atoms with Crippen LogP contribution in [0.1, 0.15) is 30.6 Å². The maximum atomic E-state index is 13.2. The number of benzene rings is 4. The Hall–Kier alpha value is -3.33. The van der Waals surface area contributed by atoms with Gasteiger partial charge in [-0.3, -0.25) is 4.79 Å². The van der Waals surface area contributed by atoms with Crippen molar-refractivity contribution in [2.75, 3.05) is 7.11 Å². The summed E-state index contributed by atoms with van der Waals surface area (Å²) in [4.78, 5) is 13.2. The zero-order valence-corrected chi connectivity index (χ0v) is 17.0. The first-order chi connectivity index (χ1) is 14.1. The molecule has 0 bridgehead atoms. The van der Waals surface area contributed by atoms with Gasteiger partial charge in [-0.25, -0.2) is 0 Å².